The van der Waals surface area contributed by atoms with Gasteiger partial charge < -0.3 is 16.0 Å². The van der Waals surface area contributed by atoms with Gasteiger partial charge in [0.05, 0.1) is 11.7 Å². The van der Waals surface area contributed by atoms with E-state index in [1.54, 1.807) is 0 Å². The van der Waals surface area contributed by atoms with Crippen molar-refractivity contribution in [2.45, 2.75) is 45.7 Å². The highest BCUT2D eigenvalue weighted by molar-refractivity contribution is 5.47. The van der Waals surface area contributed by atoms with Crippen LogP contribution in [0.15, 0.2) is 24.5 Å². The highest BCUT2D eigenvalue weighted by atomic mass is 15.2. The SMILES string of the molecule is CC.CN(C)c1ncc(CN(C)C2CCCc3cccnc32)c(NCCN)n1. The Labute approximate surface area is 169 Å². The van der Waals surface area contributed by atoms with Crippen LogP contribution in [0.4, 0.5) is 11.8 Å². The number of hydrogen-bond acceptors (Lipinski definition) is 7. The first kappa shape index (κ1) is 22.0. The molecule has 2 aromatic heterocycles. The molecule has 28 heavy (non-hydrogen) atoms. The van der Waals surface area contributed by atoms with Gasteiger partial charge in [-0.25, -0.2) is 4.98 Å². The Hall–Kier alpha value is -2.25. The number of pyridine rings is 1. The van der Waals surface area contributed by atoms with E-state index >= 15 is 0 Å². The van der Waals surface area contributed by atoms with Crippen LogP contribution < -0.4 is 16.0 Å². The Morgan fingerprint density at radius 1 is 1.21 bits per heavy atom. The fourth-order valence-corrected chi connectivity index (χ4v) is 3.47. The van der Waals surface area contributed by atoms with Crippen molar-refractivity contribution < 1.29 is 0 Å². The molecule has 2 aromatic rings. The van der Waals surface area contributed by atoms with Crippen molar-refractivity contribution in [1.82, 2.24) is 19.9 Å². The molecule has 0 amide bonds. The monoisotopic (exact) mass is 385 g/mol. The van der Waals surface area contributed by atoms with E-state index in [1.807, 2.05) is 51.3 Å². The van der Waals surface area contributed by atoms with Crippen LogP contribution in [0.5, 0.6) is 0 Å². The van der Waals surface area contributed by atoms with Gasteiger partial charge in [0.25, 0.3) is 0 Å². The molecule has 0 radical (unpaired) electrons. The summed E-state index contributed by atoms with van der Waals surface area (Å²) in [4.78, 5) is 18.1. The molecule has 0 aliphatic heterocycles. The largest absolute Gasteiger partial charge is 0.368 e. The van der Waals surface area contributed by atoms with E-state index in [-0.39, 0.29) is 0 Å². The molecule has 1 aliphatic carbocycles. The van der Waals surface area contributed by atoms with Gasteiger partial charge in [-0.15, -0.1) is 0 Å². The quantitative estimate of drug-likeness (QED) is 0.758. The lowest BCUT2D eigenvalue weighted by atomic mass is 9.91. The predicted molar refractivity (Wildman–Crippen MR) is 117 cm³/mol. The number of fused-ring (bicyclic) bond motifs is 1. The second-order valence-electron chi connectivity index (χ2n) is 7.02. The van der Waals surface area contributed by atoms with E-state index in [0.29, 0.717) is 25.1 Å². The third kappa shape index (κ3) is 5.39. The first-order chi connectivity index (χ1) is 13.6. The fourth-order valence-electron chi connectivity index (χ4n) is 3.47. The zero-order chi connectivity index (χ0) is 20.5. The lowest BCUT2D eigenvalue weighted by Gasteiger charge is -2.32. The molecule has 0 saturated heterocycles. The highest BCUT2D eigenvalue weighted by Gasteiger charge is 2.25. The zero-order valence-electron chi connectivity index (χ0n) is 17.9. The van der Waals surface area contributed by atoms with Gasteiger partial charge in [-0.05, 0) is 37.9 Å². The van der Waals surface area contributed by atoms with E-state index in [2.05, 4.69) is 38.3 Å². The van der Waals surface area contributed by atoms with Crippen molar-refractivity contribution in [3.8, 4) is 0 Å². The molecule has 3 N–H and O–H groups in total. The molecule has 154 valence electrons. The van der Waals surface area contributed by atoms with Gasteiger partial charge in [0.2, 0.25) is 5.95 Å². The summed E-state index contributed by atoms with van der Waals surface area (Å²) in [6, 6.07) is 4.56. The second kappa shape index (κ2) is 10.9. The molecule has 3 rings (SSSR count). The molecule has 0 fully saturated rings. The van der Waals surface area contributed by atoms with Gasteiger partial charge >= 0.3 is 0 Å². The summed E-state index contributed by atoms with van der Waals surface area (Å²) in [6.07, 6.45) is 7.26. The summed E-state index contributed by atoms with van der Waals surface area (Å²) < 4.78 is 0. The summed E-state index contributed by atoms with van der Waals surface area (Å²) in [7, 11) is 6.04. The number of rotatable bonds is 7. The third-order valence-electron chi connectivity index (χ3n) is 4.81. The Morgan fingerprint density at radius 2 is 2.00 bits per heavy atom. The van der Waals surface area contributed by atoms with Gasteiger partial charge in [0.15, 0.2) is 0 Å². The molecule has 7 nitrogen and oxygen atoms in total. The summed E-state index contributed by atoms with van der Waals surface area (Å²) in [5.74, 6) is 1.55. The van der Waals surface area contributed by atoms with Crippen LogP contribution >= 0.6 is 0 Å². The first-order valence-corrected chi connectivity index (χ1v) is 10.2. The maximum atomic E-state index is 5.66. The highest BCUT2D eigenvalue weighted by Crippen LogP contribution is 2.33. The molecule has 1 unspecified atom stereocenters. The van der Waals surface area contributed by atoms with Crippen molar-refractivity contribution in [2.24, 2.45) is 5.73 Å². The van der Waals surface area contributed by atoms with Crippen LogP contribution in [-0.2, 0) is 13.0 Å². The third-order valence-corrected chi connectivity index (χ3v) is 4.81. The van der Waals surface area contributed by atoms with Gasteiger partial charge in [0, 0.05) is 51.7 Å². The van der Waals surface area contributed by atoms with Gasteiger partial charge in [-0.2, -0.15) is 4.98 Å². The molecule has 2 heterocycles. The predicted octanol–water partition coefficient (Wildman–Crippen LogP) is 2.84. The Morgan fingerprint density at radius 3 is 2.71 bits per heavy atom. The Kier molecular flexibility index (Phi) is 8.60. The maximum absolute atomic E-state index is 5.66. The summed E-state index contributed by atoms with van der Waals surface area (Å²) in [5.41, 5.74) is 9.32. The number of nitrogens with zero attached hydrogens (tertiary/aromatic N) is 5. The van der Waals surface area contributed by atoms with Crippen LogP contribution in [0.25, 0.3) is 0 Å². The number of nitrogens with one attached hydrogen (secondary N) is 1. The van der Waals surface area contributed by atoms with E-state index in [4.69, 9.17) is 5.73 Å². The molecule has 0 bridgehead atoms. The Balaban J connectivity index is 0.00000136. The summed E-state index contributed by atoms with van der Waals surface area (Å²) >= 11 is 0. The lowest BCUT2D eigenvalue weighted by Crippen LogP contribution is -2.29. The summed E-state index contributed by atoms with van der Waals surface area (Å²) in [5, 5.41) is 3.34. The molecular formula is C21H35N7. The van der Waals surface area contributed by atoms with Crippen molar-refractivity contribution in [3.63, 3.8) is 0 Å². The second-order valence-corrected chi connectivity index (χ2v) is 7.02. The average molecular weight is 386 g/mol. The number of hydrogen-bond donors (Lipinski definition) is 2. The molecule has 0 aromatic carbocycles. The lowest BCUT2D eigenvalue weighted by molar-refractivity contribution is 0.208. The molecular weight excluding hydrogens is 350 g/mol. The van der Waals surface area contributed by atoms with Crippen molar-refractivity contribution in [1.29, 1.82) is 0 Å². The minimum atomic E-state index is 0.329. The number of anilines is 2. The maximum Gasteiger partial charge on any atom is 0.226 e. The van der Waals surface area contributed by atoms with E-state index in [1.165, 1.54) is 17.7 Å². The molecule has 7 heteroatoms. The van der Waals surface area contributed by atoms with Crippen LogP contribution in [0.1, 0.15) is 49.6 Å². The molecule has 0 spiro atoms. The van der Waals surface area contributed by atoms with Gasteiger partial charge in [-0.1, -0.05) is 19.9 Å². The summed E-state index contributed by atoms with van der Waals surface area (Å²) in [6.45, 7) is 6.02. The zero-order valence-corrected chi connectivity index (χ0v) is 17.9. The van der Waals surface area contributed by atoms with E-state index in [9.17, 15) is 0 Å². The van der Waals surface area contributed by atoms with Crippen molar-refractivity contribution >= 4 is 11.8 Å². The molecule has 1 aliphatic rings. The van der Waals surface area contributed by atoms with Crippen LogP contribution in [0, 0.1) is 0 Å². The van der Waals surface area contributed by atoms with Crippen LogP contribution in [0.2, 0.25) is 0 Å². The minimum absolute atomic E-state index is 0.329. The average Bonchev–Trinajstić information content (AvgIpc) is 2.73. The van der Waals surface area contributed by atoms with Gasteiger partial charge in [0.1, 0.15) is 5.82 Å². The van der Waals surface area contributed by atoms with E-state index in [0.717, 1.165) is 30.8 Å². The standard InChI is InChI=1S/C19H29N7.C2H6/c1-25(2)19-23-12-15(18(24-19)22-11-9-20)13-26(3)16-8-4-6-14-7-5-10-21-17(14)16;1-2/h5,7,10,12,16H,4,6,8-9,11,13,20H2,1-3H3,(H,22,23,24);1-2H3. The number of nitrogens with two attached hydrogens (primary N) is 1. The van der Waals surface area contributed by atoms with Crippen LogP contribution in [-0.4, -0.2) is 54.1 Å². The van der Waals surface area contributed by atoms with Gasteiger partial charge in [-0.3, -0.25) is 9.88 Å². The molecule has 1 atom stereocenters. The first-order valence-electron chi connectivity index (χ1n) is 10.2. The van der Waals surface area contributed by atoms with Crippen LogP contribution in [0.3, 0.4) is 0 Å². The molecule has 0 saturated carbocycles. The van der Waals surface area contributed by atoms with Crippen molar-refractivity contribution in [2.75, 3.05) is 44.4 Å². The smallest absolute Gasteiger partial charge is 0.226 e. The topological polar surface area (TPSA) is 83.2 Å². The van der Waals surface area contributed by atoms with Crippen molar-refractivity contribution in [3.05, 3.63) is 41.3 Å². The number of aryl methyl sites for hydroxylation is 1. The normalized spacial score (nSPS) is 15.5. The number of aromatic nitrogens is 3. The minimum Gasteiger partial charge on any atom is -0.368 e. The Bertz CT molecular complexity index is 732. The van der Waals surface area contributed by atoms with E-state index < -0.39 is 0 Å². The fraction of sp³-hybridized carbons (Fsp3) is 0.571.